The molecule has 1 aliphatic heterocycles. The lowest BCUT2D eigenvalue weighted by atomic mass is 10.2. The molecule has 0 saturated carbocycles. The highest BCUT2D eigenvalue weighted by molar-refractivity contribution is 5.80. The van der Waals surface area contributed by atoms with Crippen molar-refractivity contribution >= 4 is 11.6 Å². The second-order valence-corrected chi connectivity index (χ2v) is 5.45. The van der Waals surface area contributed by atoms with Gasteiger partial charge in [-0.15, -0.1) is 0 Å². The number of alkyl halides is 1. The zero-order valence-corrected chi connectivity index (χ0v) is 13.3. The smallest absolute Gasteiger partial charge is 0.191 e. The van der Waals surface area contributed by atoms with E-state index in [-0.39, 0.29) is 11.7 Å². The van der Waals surface area contributed by atoms with Gasteiger partial charge in [-0.2, -0.15) is 0 Å². The molecule has 0 amide bonds. The van der Waals surface area contributed by atoms with Gasteiger partial charge in [-0.1, -0.05) is 6.07 Å². The molecule has 7 heteroatoms. The first kappa shape index (κ1) is 17.4. The van der Waals surface area contributed by atoms with Crippen LogP contribution in [0.25, 0.3) is 0 Å². The highest BCUT2D eigenvalue weighted by Crippen LogP contribution is 2.26. The van der Waals surface area contributed by atoms with Crippen molar-refractivity contribution < 1.29 is 13.2 Å². The Hall–Kier alpha value is -1.92. The lowest BCUT2D eigenvalue weighted by Crippen LogP contribution is -2.44. The highest BCUT2D eigenvalue weighted by atomic mass is 19.1. The molecule has 1 aromatic carbocycles. The summed E-state index contributed by atoms with van der Waals surface area (Å²) in [6.07, 6.45) is 1.13. The number of para-hydroxylation sites is 1. The van der Waals surface area contributed by atoms with Crippen LogP contribution in [0.5, 0.6) is 0 Å². The SMILES string of the molecule is CCNC(=NCCCF)NC1CCN(c2c(F)cccc2F)C1. The maximum absolute atomic E-state index is 13.8. The molecule has 1 atom stereocenters. The minimum absolute atomic E-state index is 0.0242. The third kappa shape index (κ3) is 4.77. The topological polar surface area (TPSA) is 39.7 Å². The molecular weight excluding hydrogens is 305 g/mol. The zero-order valence-electron chi connectivity index (χ0n) is 13.3. The van der Waals surface area contributed by atoms with Crippen LogP contribution in [0.3, 0.4) is 0 Å². The van der Waals surface area contributed by atoms with Crippen molar-refractivity contribution in [3.63, 3.8) is 0 Å². The van der Waals surface area contributed by atoms with Crippen LogP contribution in [0.1, 0.15) is 19.8 Å². The number of hydrogen-bond donors (Lipinski definition) is 2. The van der Waals surface area contributed by atoms with Gasteiger partial charge >= 0.3 is 0 Å². The van der Waals surface area contributed by atoms with Crippen molar-refractivity contribution in [3.8, 4) is 0 Å². The molecule has 2 N–H and O–H groups in total. The van der Waals surface area contributed by atoms with Crippen molar-refractivity contribution in [1.82, 2.24) is 10.6 Å². The summed E-state index contributed by atoms with van der Waals surface area (Å²) in [4.78, 5) is 5.99. The molecule has 0 aromatic heterocycles. The maximum Gasteiger partial charge on any atom is 0.191 e. The first-order chi connectivity index (χ1) is 11.2. The van der Waals surface area contributed by atoms with E-state index in [9.17, 15) is 13.2 Å². The van der Waals surface area contributed by atoms with Crippen LogP contribution in [-0.4, -0.2) is 44.9 Å². The van der Waals surface area contributed by atoms with Crippen molar-refractivity contribution in [1.29, 1.82) is 0 Å². The molecule has 1 aromatic rings. The Morgan fingerprint density at radius 2 is 2.09 bits per heavy atom. The fourth-order valence-electron chi connectivity index (χ4n) is 2.64. The highest BCUT2D eigenvalue weighted by Gasteiger charge is 2.27. The number of aliphatic imine (C=N–C) groups is 1. The number of hydrogen-bond acceptors (Lipinski definition) is 2. The monoisotopic (exact) mass is 328 g/mol. The second-order valence-electron chi connectivity index (χ2n) is 5.45. The predicted octanol–water partition coefficient (Wildman–Crippen LogP) is 2.46. The molecule has 1 heterocycles. The van der Waals surface area contributed by atoms with Gasteiger partial charge in [0.05, 0.1) is 6.67 Å². The molecule has 4 nitrogen and oxygen atoms in total. The second kappa shape index (κ2) is 8.64. The van der Waals surface area contributed by atoms with E-state index in [1.165, 1.54) is 18.2 Å². The third-order valence-corrected chi connectivity index (χ3v) is 3.69. The van der Waals surface area contributed by atoms with E-state index in [2.05, 4.69) is 15.6 Å². The van der Waals surface area contributed by atoms with Crippen molar-refractivity contribution in [3.05, 3.63) is 29.8 Å². The van der Waals surface area contributed by atoms with Crippen LogP contribution >= 0.6 is 0 Å². The Morgan fingerprint density at radius 3 is 2.74 bits per heavy atom. The normalized spacial score (nSPS) is 18.3. The quantitative estimate of drug-likeness (QED) is 0.479. The van der Waals surface area contributed by atoms with Crippen molar-refractivity contribution in [2.75, 3.05) is 37.8 Å². The van der Waals surface area contributed by atoms with E-state index >= 15 is 0 Å². The first-order valence-corrected chi connectivity index (χ1v) is 7.95. The average molecular weight is 328 g/mol. The summed E-state index contributed by atoms with van der Waals surface area (Å²) in [7, 11) is 0. The molecule has 0 radical (unpaired) electrons. The number of nitrogens with one attached hydrogen (secondary N) is 2. The Morgan fingerprint density at radius 1 is 1.35 bits per heavy atom. The fraction of sp³-hybridized carbons (Fsp3) is 0.562. The third-order valence-electron chi connectivity index (χ3n) is 3.69. The van der Waals surface area contributed by atoms with E-state index in [0.29, 0.717) is 38.6 Å². The number of guanidine groups is 1. The Kier molecular flexibility index (Phi) is 6.55. The van der Waals surface area contributed by atoms with Gasteiger partial charge in [0, 0.05) is 32.2 Å². The summed E-state index contributed by atoms with van der Waals surface area (Å²) >= 11 is 0. The molecule has 1 saturated heterocycles. The van der Waals surface area contributed by atoms with Gasteiger partial charge in [-0.3, -0.25) is 9.38 Å². The molecular formula is C16H23F3N4. The van der Waals surface area contributed by atoms with Crippen LogP contribution in [-0.2, 0) is 0 Å². The van der Waals surface area contributed by atoms with E-state index in [0.717, 1.165) is 6.42 Å². The maximum atomic E-state index is 13.8. The van der Waals surface area contributed by atoms with Gasteiger partial charge < -0.3 is 15.5 Å². The first-order valence-electron chi connectivity index (χ1n) is 7.95. The molecule has 0 aliphatic carbocycles. The van der Waals surface area contributed by atoms with Gasteiger partial charge in [0.1, 0.15) is 17.3 Å². The Bertz CT molecular complexity index is 516. The van der Waals surface area contributed by atoms with Crippen LogP contribution in [0.15, 0.2) is 23.2 Å². The number of halogens is 3. The summed E-state index contributed by atoms with van der Waals surface area (Å²) in [6, 6.07) is 3.93. The van der Waals surface area contributed by atoms with Crippen LogP contribution in [0.2, 0.25) is 0 Å². The minimum atomic E-state index is -0.547. The molecule has 0 spiro atoms. The number of benzene rings is 1. The molecule has 2 rings (SSSR count). The predicted molar refractivity (Wildman–Crippen MR) is 86.7 cm³/mol. The average Bonchev–Trinajstić information content (AvgIpc) is 2.95. The van der Waals surface area contributed by atoms with Crippen molar-refractivity contribution in [2.24, 2.45) is 4.99 Å². The largest absolute Gasteiger partial charge is 0.365 e. The molecule has 23 heavy (non-hydrogen) atoms. The standard InChI is InChI=1S/C16H23F3N4/c1-2-20-16(21-9-4-8-17)22-12-7-10-23(11-12)15-13(18)5-3-6-14(15)19/h3,5-6,12H,2,4,7-11H2,1H3,(H2,20,21,22). The van der Waals surface area contributed by atoms with E-state index in [1.54, 1.807) is 4.90 Å². The molecule has 1 aliphatic rings. The van der Waals surface area contributed by atoms with Gasteiger partial charge in [-0.25, -0.2) is 8.78 Å². The fourth-order valence-corrected chi connectivity index (χ4v) is 2.64. The number of rotatable bonds is 6. The summed E-state index contributed by atoms with van der Waals surface area (Å²) in [5.41, 5.74) is 0.0242. The van der Waals surface area contributed by atoms with Crippen LogP contribution < -0.4 is 15.5 Å². The number of nitrogens with zero attached hydrogens (tertiary/aromatic N) is 2. The summed E-state index contributed by atoms with van der Waals surface area (Å²) in [5, 5.41) is 6.34. The lowest BCUT2D eigenvalue weighted by Gasteiger charge is -2.21. The lowest BCUT2D eigenvalue weighted by molar-refractivity contribution is 0.477. The van der Waals surface area contributed by atoms with E-state index in [4.69, 9.17) is 0 Å². The Balaban J connectivity index is 1.97. The van der Waals surface area contributed by atoms with E-state index < -0.39 is 18.3 Å². The minimum Gasteiger partial charge on any atom is -0.365 e. The molecule has 0 bridgehead atoms. The summed E-state index contributed by atoms with van der Waals surface area (Å²) in [6.45, 7) is 3.71. The number of anilines is 1. The van der Waals surface area contributed by atoms with Gasteiger partial charge in [0.25, 0.3) is 0 Å². The molecule has 128 valence electrons. The Labute approximate surface area is 134 Å². The summed E-state index contributed by atoms with van der Waals surface area (Å²) in [5.74, 6) is -0.481. The van der Waals surface area contributed by atoms with Crippen LogP contribution in [0.4, 0.5) is 18.9 Å². The summed E-state index contributed by atoms with van der Waals surface area (Å²) < 4.78 is 39.9. The van der Waals surface area contributed by atoms with Crippen LogP contribution in [0, 0.1) is 11.6 Å². The van der Waals surface area contributed by atoms with Gasteiger partial charge in [0.15, 0.2) is 5.96 Å². The van der Waals surface area contributed by atoms with Gasteiger partial charge in [0.2, 0.25) is 0 Å². The van der Waals surface area contributed by atoms with E-state index in [1.807, 2.05) is 6.92 Å². The van der Waals surface area contributed by atoms with Gasteiger partial charge in [-0.05, 0) is 31.9 Å². The van der Waals surface area contributed by atoms with Crippen molar-refractivity contribution in [2.45, 2.75) is 25.8 Å². The molecule has 1 unspecified atom stereocenters. The zero-order chi connectivity index (χ0) is 16.7. The molecule has 1 fully saturated rings.